The second-order valence-corrected chi connectivity index (χ2v) is 10.3. The highest BCUT2D eigenvalue weighted by Gasteiger charge is 2.33. The average molecular weight is 477 g/mol. The van der Waals surface area contributed by atoms with Crippen molar-refractivity contribution in [2.75, 3.05) is 18.4 Å². The van der Waals surface area contributed by atoms with Crippen LogP contribution in [0.5, 0.6) is 0 Å². The number of rotatable bonds is 6. The van der Waals surface area contributed by atoms with E-state index in [2.05, 4.69) is 25.9 Å². The third kappa shape index (κ3) is 4.68. The van der Waals surface area contributed by atoms with Gasteiger partial charge in [-0.05, 0) is 53.4 Å². The summed E-state index contributed by atoms with van der Waals surface area (Å²) in [5, 5.41) is 18.7. The van der Waals surface area contributed by atoms with Gasteiger partial charge in [-0.25, -0.2) is 8.42 Å². The van der Waals surface area contributed by atoms with E-state index in [0.29, 0.717) is 37.3 Å². The van der Waals surface area contributed by atoms with Crippen molar-refractivity contribution in [2.45, 2.75) is 24.2 Å². The van der Waals surface area contributed by atoms with E-state index < -0.39 is 15.9 Å². The van der Waals surface area contributed by atoms with Crippen molar-refractivity contribution in [1.29, 1.82) is 0 Å². The van der Waals surface area contributed by atoms with Crippen LogP contribution in [0.15, 0.2) is 71.6 Å². The summed E-state index contributed by atoms with van der Waals surface area (Å²) in [5.41, 5.74) is 1.59. The first-order valence-electron chi connectivity index (χ1n) is 11.1. The molecule has 1 atom stereocenters. The van der Waals surface area contributed by atoms with Gasteiger partial charge >= 0.3 is 0 Å². The molecule has 0 bridgehead atoms. The van der Waals surface area contributed by atoms with E-state index in [1.165, 1.54) is 4.31 Å². The minimum atomic E-state index is -3.70. The Kier molecular flexibility index (Phi) is 6.08. The first-order chi connectivity index (χ1) is 16.5. The Balaban J connectivity index is 1.28. The van der Waals surface area contributed by atoms with Crippen molar-refractivity contribution in [1.82, 2.24) is 24.9 Å². The average Bonchev–Trinajstić information content (AvgIpc) is 3.37. The van der Waals surface area contributed by atoms with Gasteiger partial charge in [0, 0.05) is 25.2 Å². The standard InChI is InChI=1S/C24H24N6O3S/c31-24(25-21-9-3-5-17(13-21)14-23-26-28-29-27-23)20-8-4-12-30(16-20)34(32,33)22-11-10-18-6-1-2-7-19(18)15-22/h1-3,5-7,9-11,13,15,20H,4,8,12,14,16H2,(H,25,31)(H,26,27,28,29). The molecular formula is C24H24N6O3S. The van der Waals surface area contributed by atoms with Crippen molar-refractivity contribution in [2.24, 2.45) is 5.92 Å². The number of hydrogen-bond acceptors (Lipinski definition) is 6. The highest BCUT2D eigenvalue weighted by atomic mass is 32.2. The highest BCUT2D eigenvalue weighted by molar-refractivity contribution is 7.89. The van der Waals surface area contributed by atoms with Crippen LogP contribution in [-0.2, 0) is 21.2 Å². The van der Waals surface area contributed by atoms with Gasteiger partial charge in [0.05, 0.1) is 10.8 Å². The van der Waals surface area contributed by atoms with Crippen LogP contribution in [0.3, 0.4) is 0 Å². The lowest BCUT2D eigenvalue weighted by Crippen LogP contribution is -2.43. The van der Waals surface area contributed by atoms with Crippen LogP contribution in [0.2, 0.25) is 0 Å². The highest BCUT2D eigenvalue weighted by Crippen LogP contribution is 2.27. The lowest BCUT2D eigenvalue weighted by molar-refractivity contribution is -0.120. The third-order valence-corrected chi connectivity index (χ3v) is 7.92. The predicted molar refractivity (Wildman–Crippen MR) is 127 cm³/mol. The number of H-pyrrole nitrogens is 1. The number of aromatic nitrogens is 4. The fourth-order valence-corrected chi connectivity index (χ4v) is 5.85. The second-order valence-electron chi connectivity index (χ2n) is 8.41. The van der Waals surface area contributed by atoms with E-state index in [9.17, 15) is 13.2 Å². The zero-order valence-electron chi connectivity index (χ0n) is 18.4. The van der Waals surface area contributed by atoms with Gasteiger partial charge in [0.15, 0.2) is 5.82 Å². The van der Waals surface area contributed by atoms with Gasteiger partial charge in [-0.15, -0.1) is 10.2 Å². The van der Waals surface area contributed by atoms with E-state index in [0.717, 1.165) is 16.3 Å². The number of benzene rings is 3. The number of fused-ring (bicyclic) bond motifs is 1. The molecule has 10 heteroatoms. The number of sulfonamides is 1. The number of amides is 1. The van der Waals surface area contributed by atoms with E-state index in [1.54, 1.807) is 12.1 Å². The minimum Gasteiger partial charge on any atom is -0.326 e. The van der Waals surface area contributed by atoms with E-state index in [1.807, 2.05) is 54.6 Å². The molecule has 174 valence electrons. The zero-order valence-corrected chi connectivity index (χ0v) is 19.2. The molecule has 1 amide bonds. The molecule has 2 N–H and O–H groups in total. The predicted octanol–water partition coefficient (Wildman–Crippen LogP) is 2.98. The number of carbonyl (C=O) groups excluding carboxylic acids is 1. The summed E-state index contributed by atoms with van der Waals surface area (Å²) in [7, 11) is -3.70. The van der Waals surface area contributed by atoms with Crippen LogP contribution in [0, 0.1) is 5.92 Å². The Morgan fingerprint density at radius 1 is 1.06 bits per heavy atom. The van der Waals surface area contributed by atoms with Crippen LogP contribution < -0.4 is 5.32 Å². The molecule has 0 saturated carbocycles. The summed E-state index contributed by atoms with van der Waals surface area (Å²) < 4.78 is 28.1. The van der Waals surface area contributed by atoms with Gasteiger partial charge in [-0.3, -0.25) is 4.79 Å². The molecule has 1 saturated heterocycles. The monoisotopic (exact) mass is 476 g/mol. The lowest BCUT2D eigenvalue weighted by atomic mass is 9.98. The van der Waals surface area contributed by atoms with Crippen molar-refractivity contribution in [3.63, 3.8) is 0 Å². The Morgan fingerprint density at radius 2 is 1.91 bits per heavy atom. The summed E-state index contributed by atoms with van der Waals surface area (Å²) in [6, 6.07) is 20.2. The lowest BCUT2D eigenvalue weighted by Gasteiger charge is -2.31. The fourth-order valence-electron chi connectivity index (χ4n) is 4.30. The van der Waals surface area contributed by atoms with Gasteiger partial charge in [0.2, 0.25) is 15.9 Å². The maximum Gasteiger partial charge on any atom is 0.243 e. The molecule has 0 spiro atoms. The van der Waals surface area contributed by atoms with Crippen LogP contribution in [0.25, 0.3) is 10.8 Å². The zero-order chi connectivity index (χ0) is 23.5. The number of nitrogens with one attached hydrogen (secondary N) is 2. The Morgan fingerprint density at radius 3 is 2.74 bits per heavy atom. The Hall–Kier alpha value is -3.63. The molecule has 5 rings (SSSR count). The smallest absolute Gasteiger partial charge is 0.243 e. The molecule has 1 unspecified atom stereocenters. The topological polar surface area (TPSA) is 121 Å². The van der Waals surface area contributed by atoms with Gasteiger partial charge in [-0.2, -0.15) is 9.52 Å². The van der Waals surface area contributed by atoms with E-state index in [-0.39, 0.29) is 17.3 Å². The maximum absolute atomic E-state index is 13.3. The molecule has 0 radical (unpaired) electrons. The Labute approximate surface area is 197 Å². The summed E-state index contributed by atoms with van der Waals surface area (Å²) in [5.74, 6) is -0.0507. The summed E-state index contributed by atoms with van der Waals surface area (Å²) in [4.78, 5) is 13.3. The molecule has 0 aliphatic carbocycles. The summed E-state index contributed by atoms with van der Waals surface area (Å²) in [6.07, 6.45) is 1.75. The van der Waals surface area contributed by atoms with Crippen molar-refractivity contribution >= 4 is 32.4 Å². The minimum absolute atomic E-state index is 0.156. The molecular weight excluding hydrogens is 452 g/mol. The van der Waals surface area contributed by atoms with Gasteiger partial charge in [-0.1, -0.05) is 47.7 Å². The number of carbonyl (C=O) groups is 1. The van der Waals surface area contributed by atoms with E-state index >= 15 is 0 Å². The quantitative estimate of drug-likeness (QED) is 0.441. The maximum atomic E-state index is 13.3. The molecule has 1 fully saturated rings. The van der Waals surface area contributed by atoms with Gasteiger partial charge in [0.1, 0.15) is 0 Å². The van der Waals surface area contributed by atoms with Crippen LogP contribution in [0.4, 0.5) is 5.69 Å². The number of aromatic amines is 1. The third-order valence-electron chi connectivity index (χ3n) is 6.06. The molecule has 9 nitrogen and oxygen atoms in total. The van der Waals surface area contributed by atoms with Crippen molar-refractivity contribution in [3.8, 4) is 0 Å². The molecule has 1 aromatic heterocycles. The van der Waals surface area contributed by atoms with Crippen LogP contribution in [-0.4, -0.2) is 52.3 Å². The van der Waals surface area contributed by atoms with Crippen molar-refractivity contribution in [3.05, 3.63) is 78.1 Å². The van der Waals surface area contributed by atoms with Gasteiger partial charge < -0.3 is 5.32 Å². The number of tetrazole rings is 1. The number of anilines is 1. The first-order valence-corrected chi connectivity index (χ1v) is 12.5. The molecule has 34 heavy (non-hydrogen) atoms. The van der Waals surface area contributed by atoms with Gasteiger partial charge in [0.25, 0.3) is 0 Å². The first kappa shape index (κ1) is 22.2. The van der Waals surface area contributed by atoms with E-state index in [4.69, 9.17) is 0 Å². The summed E-state index contributed by atoms with van der Waals surface area (Å²) >= 11 is 0. The molecule has 4 aromatic rings. The number of piperidine rings is 1. The molecule has 1 aliphatic rings. The second kappa shape index (κ2) is 9.32. The SMILES string of the molecule is O=C(Nc1cccc(Cc2nn[nH]n2)c1)C1CCCN(S(=O)(=O)c2ccc3ccccc3c2)C1. The normalized spacial score (nSPS) is 17.0. The van der Waals surface area contributed by atoms with Crippen molar-refractivity contribution < 1.29 is 13.2 Å². The van der Waals surface area contributed by atoms with Crippen LogP contribution >= 0.6 is 0 Å². The Bertz CT molecular complexity index is 1420. The number of hydrogen-bond donors (Lipinski definition) is 2. The number of nitrogens with zero attached hydrogens (tertiary/aromatic N) is 4. The molecule has 3 aromatic carbocycles. The molecule has 2 heterocycles. The molecule has 1 aliphatic heterocycles. The van der Waals surface area contributed by atoms with Crippen LogP contribution in [0.1, 0.15) is 24.2 Å². The fraction of sp³-hybridized carbons (Fsp3) is 0.250. The largest absolute Gasteiger partial charge is 0.326 e. The summed E-state index contributed by atoms with van der Waals surface area (Å²) in [6.45, 7) is 0.558.